The highest BCUT2D eigenvalue weighted by Gasteiger charge is 2.34. The van der Waals surface area contributed by atoms with Crippen molar-refractivity contribution in [2.45, 2.75) is 45.1 Å². The summed E-state index contributed by atoms with van der Waals surface area (Å²) in [6.45, 7) is 1.35. The Morgan fingerprint density at radius 3 is 2.24 bits per heavy atom. The first kappa shape index (κ1) is 19.7. The number of carboxylic acid groups (broad SMARTS) is 1. The van der Waals surface area contributed by atoms with Gasteiger partial charge in [-0.1, -0.05) is 48.5 Å². The van der Waals surface area contributed by atoms with Gasteiger partial charge in [-0.05, 0) is 31.9 Å². The van der Waals surface area contributed by atoms with Crippen LogP contribution in [-0.4, -0.2) is 33.9 Å². The molecular formula is C17H20Cl2N2O4. The van der Waals surface area contributed by atoms with Crippen molar-refractivity contribution >= 4 is 41.0 Å². The van der Waals surface area contributed by atoms with Crippen LogP contribution >= 0.6 is 23.2 Å². The average molecular weight is 387 g/mol. The van der Waals surface area contributed by atoms with E-state index in [1.165, 1.54) is 19.1 Å². The smallest absolute Gasteiger partial charge is 0.322 e. The maximum absolute atomic E-state index is 12.9. The lowest BCUT2D eigenvalue weighted by Crippen LogP contribution is -2.55. The van der Waals surface area contributed by atoms with Gasteiger partial charge in [0.2, 0.25) is 5.91 Å². The van der Waals surface area contributed by atoms with Gasteiger partial charge in [0.15, 0.2) is 0 Å². The summed E-state index contributed by atoms with van der Waals surface area (Å²) in [7, 11) is 0. The van der Waals surface area contributed by atoms with E-state index >= 15 is 0 Å². The van der Waals surface area contributed by atoms with Crippen LogP contribution in [0.3, 0.4) is 0 Å². The van der Waals surface area contributed by atoms with E-state index in [1.54, 1.807) is 6.07 Å². The molecule has 2 rings (SSSR count). The molecule has 1 saturated carbocycles. The van der Waals surface area contributed by atoms with E-state index in [0.717, 1.165) is 24.3 Å². The molecule has 6 nitrogen and oxygen atoms in total. The van der Waals surface area contributed by atoms with Crippen LogP contribution in [0.2, 0.25) is 10.0 Å². The Hall–Kier alpha value is -1.63. The number of nitrogens with zero attached hydrogens (tertiary/aromatic N) is 1. The first-order chi connectivity index (χ1) is 11.8. The largest absolute Gasteiger partial charge is 0.480 e. The number of nitrogens with one attached hydrogen (secondary N) is 1. The van der Waals surface area contributed by atoms with Crippen molar-refractivity contribution in [1.82, 2.24) is 10.4 Å². The van der Waals surface area contributed by atoms with Gasteiger partial charge in [0.25, 0.3) is 5.91 Å². The van der Waals surface area contributed by atoms with Crippen molar-refractivity contribution < 1.29 is 19.5 Å². The first-order valence-electron chi connectivity index (χ1n) is 8.14. The van der Waals surface area contributed by atoms with Crippen LogP contribution in [0.4, 0.5) is 0 Å². The number of carboxylic acids is 1. The Balaban J connectivity index is 2.34. The average Bonchev–Trinajstić information content (AvgIpc) is 2.59. The summed E-state index contributed by atoms with van der Waals surface area (Å²) in [6, 6.07) is 3.44. The molecule has 0 bridgehead atoms. The van der Waals surface area contributed by atoms with E-state index in [9.17, 15) is 14.4 Å². The molecule has 0 aromatic heterocycles. The van der Waals surface area contributed by atoms with E-state index in [0.29, 0.717) is 12.8 Å². The minimum Gasteiger partial charge on any atom is -0.480 e. The number of carbonyl (C=O) groups is 3. The number of benzene rings is 1. The molecule has 0 radical (unpaired) electrons. The number of imide groups is 1. The molecule has 136 valence electrons. The van der Waals surface area contributed by atoms with Gasteiger partial charge >= 0.3 is 5.97 Å². The molecule has 1 fully saturated rings. The van der Waals surface area contributed by atoms with Crippen molar-refractivity contribution in [2.75, 3.05) is 0 Å². The number of hydrogen-bond acceptors (Lipinski definition) is 4. The fourth-order valence-corrected chi connectivity index (χ4v) is 3.38. The maximum atomic E-state index is 12.9. The third kappa shape index (κ3) is 4.71. The second-order valence-corrected chi connectivity index (χ2v) is 6.91. The highest BCUT2D eigenvalue weighted by Crippen LogP contribution is 2.29. The van der Waals surface area contributed by atoms with Crippen LogP contribution in [0.15, 0.2) is 18.2 Å². The lowest BCUT2D eigenvalue weighted by atomic mass is 9.88. The lowest BCUT2D eigenvalue weighted by Gasteiger charge is -2.29. The highest BCUT2D eigenvalue weighted by atomic mass is 35.5. The van der Waals surface area contributed by atoms with Gasteiger partial charge in [-0.3, -0.25) is 14.4 Å². The van der Waals surface area contributed by atoms with Crippen LogP contribution in [0.1, 0.15) is 49.4 Å². The van der Waals surface area contributed by atoms with E-state index in [-0.39, 0.29) is 21.5 Å². The summed E-state index contributed by atoms with van der Waals surface area (Å²) in [5.74, 6) is -2.71. The van der Waals surface area contributed by atoms with E-state index in [4.69, 9.17) is 28.3 Å². The van der Waals surface area contributed by atoms with E-state index in [2.05, 4.69) is 5.43 Å². The Kier molecular flexibility index (Phi) is 6.81. The monoisotopic (exact) mass is 386 g/mol. The minimum absolute atomic E-state index is 0.0277. The number of hydrazine groups is 1. The molecule has 1 aliphatic carbocycles. The molecular weight excluding hydrogens is 367 g/mol. The SMILES string of the molecule is C[C@H](NN(C(=O)c1c(Cl)cccc1Cl)C(=O)C1CCCCC1)C(=O)O. The van der Waals surface area contributed by atoms with Gasteiger partial charge in [0, 0.05) is 5.92 Å². The molecule has 1 aromatic rings. The quantitative estimate of drug-likeness (QED) is 0.596. The van der Waals surface area contributed by atoms with Crippen molar-refractivity contribution in [3.8, 4) is 0 Å². The standard InChI is InChI=1S/C17H20Cl2N2O4/c1-10(17(24)25)20-21(15(22)11-6-3-2-4-7-11)16(23)14-12(18)8-5-9-13(14)19/h5,8-11,20H,2-4,6-7H2,1H3,(H,24,25)/t10-/m0/s1. The van der Waals surface area contributed by atoms with Gasteiger partial charge in [-0.15, -0.1) is 0 Å². The van der Waals surface area contributed by atoms with Gasteiger partial charge in [-0.2, -0.15) is 0 Å². The molecule has 2 N–H and O–H groups in total. The zero-order chi connectivity index (χ0) is 18.6. The van der Waals surface area contributed by atoms with Gasteiger partial charge in [-0.25, -0.2) is 10.4 Å². The minimum atomic E-state index is -1.18. The molecule has 1 atom stereocenters. The van der Waals surface area contributed by atoms with Crippen LogP contribution in [-0.2, 0) is 9.59 Å². The number of aliphatic carboxylic acids is 1. The van der Waals surface area contributed by atoms with Gasteiger partial charge in [0.1, 0.15) is 6.04 Å². The van der Waals surface area contributed by atoms with Gasteiger partial charge < -0.3 is 5.11 Å². The number of amides is 2. The number of rotatable bonds is 5. The number of carbonyl (C=O) groups excluding carboxylic acids is 2. The summed E-state index contributed by atoms with van der Waals surface area (Å²) in [4.78, 5) is 36.9. The number of halogens is 2. The Labute approximate surface area is 156 Å². The normalized spacial score (nSPS) is 16.3. The molecule has 2 amide bonds. The Bertz CT molecular complexity index is 654. The molecule has 0 saturated heterocycles. The number of hydrogen-bond donors (Lipinski definition) is 2. The predicted molar refractivity (Wildman–Crippen MR) is 94.4 cm³/mol. The molecule has 1 aliphatic rings. The first-order valence-corrected chi connectivity index (χ1v) is 8.89. The third-order valence-electron chi connectivity index (χ3n) is 4.25. The van der Waals surface area contributed by atoms with Crippen molar-refractivity contribution in [3.63, 3.8) is 0 Å². The molecule has 8 heteroatoms. The maximum Gasteiger partial charge on any atom is 0.322 e. The topological polar surface area (TPSA) is 86.7 Å². The predicted octanol–water partition coefficient (Wildman–Crippen LogP) is 3.52. The summed E-state index contributed by atoms with van der Waals surface area (Å²) >= 11 is 12.1. The molecule has 25 heavy (non-hydrogen) atoms. The summed E-state index contributed by atoms with van der Waals surface area (Å²) in [6.07, 6.45) is 4.19. The molecule has 0 aliphatic heterocycles. The van der Waals surface area contributed by atoms with Crippen molar-refractivity contribution in [2.24, 2.45) is 5.92 Å². The van der Waals surface area contributed by atoms with Crippen LogP contribution in [0.5, 0.6) is 0 Å². The molecule has 1 aromatic carbocycles. The van der Waals surface area contributed by atoms with E-state index < -0.39 is 23.8 Å². The zero-order valence-corrected chi connectivity index (χ0v) is 15.3. The van der Waals surface area contributed by atoms with Crippen LogP contribution < -0.4 is 5.43 Å². The molecule has 0 spiro atoms. The fourth-order valence-electron chi connectivity index (χ4n) is 2.82. The molecule has 0 heterocycles. The second kappa shape index (κ2) is 8.65. The third-order valence-corrected chi connectivity index (χ3v) is 4.88. The second-order valence-electron chi connectivity index (χ2n) is 6.10. The summed E-state index contributed by atoms with van der Waals surface area (Å²) in [5, 5.41) is 10.1. The summed E-state index contributed by atoms with van der Waals surface area (Å²) in [5.41, 5.74) is 2.46. The summed E-state index contributed by atoms with van der Waals surface area (Å²) < 4.78 is 0. The Morgan fingerprint density at radius 2 is 1.72 bits per heavy atom. The van der Waals surface area contributed by atoms with Crippen molar-refractivity contribution in [3.05, 3.63) is 33.8 Å². The van der Waals surface area contributed by atoms with Gasteiger partial charge in [0.05, 0.1) is 15.6 Å². The highest BCUT2D eigenvalue weighted by molar-refractivity contribution is 6.40. The molecule has 0 unspecified atom stereocenters. The fraction of sp³-hybridized carbons (Fsp3) is 0.471. The Morgan fingerprint density at radius 1 is 1.16 bits per heavy atom. The zero-order valence-electron chi connectivity index (χ0n) is 13.8. The lowest BCUT2D eigenvalue weighted by molar-refractivity contribution is -0.143. The van der Waals surface area contributed by atoms with Crippen LogP contribution in [0.25, 0.3) is 0 Å². The van der Waals surface area contributed by atoms with Crippen molar-refractivity contribution in [1.29, 1.82) is 0 Å². The van der Waals surface area contributed by atoms with E-state index in [1.807, 2.05) is 0 Å². The van der Waals surface area contributed by atoms with Crippen LogP contribution in [0, 0.1) is 5.92 Å².